The number of benzene rings is 6. The van der Waals surface area contributed by atoms with Gasteiger partial charge in [-0.1, -0.05) is 307 Å². The molecule has 8 saturated heterocycles. The highest BCUT2D eigenvalue weighted by atomic mass is 16.7. The van der Waals surface area contributed by atoms with Crippen LogP contribution in [0.5, 0.6) is 0 Å². The van der Waals surface area contributed by atoms with E-state index in [4.69, 9.17) is 81.3 Å². The zero-order chi connectivity index (χ0) is 111. The molecule has 14 rings (SSSR count). The van der Waals surface area contributed by atoms with Crippen LogP contribution in [0.1, 0.15) is 234 Å². The van der Waals surface area contributed by atoms with Gasteiger partial charge in [0.25, 0.3) is 0 Å². The number of rotatable bonds is 23. The Hall–Kier alpha value is -8.09. The number of ether oxygens (including phenoxy) is 15. The first kappa shape index (κ1) is 128. The van der Waals surface area contributed by atoms with Crippen molar-refractivity contribution in [2.45, 2.75) is 347 Å². The number of aliphatic hydroxyl groups is 9. The molecule has 40 atom stereocenters. The molecule has 836 valence electrons. The Morgan fingerprint density at radius 1 is 0.221 bits per heavy atom. The van der Waals surface area contributed by atoms with Crippen molar-refractivity contribution >= 4 is 29.8 Å². The van der Waals surface area contributed by atoms with Gasteiger partial charge in [0, 0.05) is 46.5 Å². The molecule has 6 aromatic rings. The monoisotopic (exact) mass is 2090 g/mol. The second kappa shape index (κ2) is 61.3. The molecule has 17 unspecified atom stereocenters. The van der Waals surface area contributed by atoms with E-state index in [2.05, 4.69) is 229 Å². The first-order valence-corrected chi connectivity index (χ1v) is 53.9. The lowest BCUT2D eigenvalue weighted by Gasteiger charge is -2.44. The topological polar surface area (TPSA) is 406 Å². The molecule has 0 aromatic heterocycles. The van der Waals surface area contributed by atoms with Gasteiger partial charge in [-0.2, -0.15) is 0 Å². The Morgan fingerprint density at radius 2 is 0.436 bits per heavy atom. The van der Waals surface area contributed by atoms with Crippen LogP contribution in [0.4, 0.5) is 0 Å². The summed E-state index contributed by atoms with van der Waals surface area (Å²) < 4.78 is 84.5. The summed E-state index contributed by atoms with van der Waals surface area (Å²) in [7, 11) is 0. The van der Waals surface area contributed by atoms with E-state index in [9.17, 15) is 59.7 Å². The van der Waals surface area contributed by atoms with Crippen LogP contribution in [0.3, 0.4) is 0 Å². The van der Waals surface area contributed by atoms with E-state index in [0.717, 1.165) is 33.4 Å². The summed E-state index contributed by atoms with van der Waals surface area (Å²) in [5, 5.41) is 85.8. The molecule has 6 aromatic carbocycles. The summed E-state index contributed by atoms with van der Waals surface area (Å²) in [4.78, 5) is 54.0. The van der Waals surface area contributed by atoms with Gasteiger partial charge in [-0.05, 0) is 170 Å². The maximum absolute atomic E-state index is 11.0. The van der Waals surface area contributed by atoms with Crippen molar-refractivity contribution in [1.82, 2.24) is 0 Å². The minimum Gasteiger partial charge on any atom is -0.463 e. The van der Waals surface area contributed by atoms with Crippen molar-refractivity contribution in [3.63, 3.8) is 0 Å². The molecule has 149 heavy (non-hydrogen) atoms. The molecule has 29 nitrogen and oxygen atoms in total. The van der Waals surface area contributed by atoms with Gasteiger partial charge in [-0.3, -0.25) is 24.0 Å². The highest BCUT2D eigenvalue weighted by Gasteiger charge is 2.50. The van der Waals surface area contributed by atoms with Crippen LogP contribution in [0.15, 0.2) is 182 Å². The third-order valence-corrected chi connectivity index (χ3v) is 33.9. The average Bonchev–Trinajstić information content (AvgIpc) is 0.754. The van der Waals surface area contributed by atoms with Crippen molar-refractivity contribution in [3.05, 3.63) is 215 Å². The molecule has 0 aliphatic carbocycles. The Kier molecular flexibility index (Phi) is 52.6. The van der Waals surface area contributed by atoms with Crippen LogP contribution in [-0.2, 0) is 106 Å². The standard InChI is InChI=1S/C29H34O2.C26H28O5.C13H22O5.2C12H22O3.C11H20O4.C10H20O2.C7H14O5/c1-21-22(2)24(4)31-28(23(21)3)20-30-29(25-14-8-5-9-15-25,26-16-10-6-11-17-26)27-18-12-7-13-19-27;1-18-23(27)25(29)24(28)22(31-18)17-30-26(19-11-5-2-6-12-19,20-13-7-3-8-14-20)21-15-9-4-10-16-21;1-7-8(2)12(6-16-10(4)14)18-13(9(7)3)17-11(5)15;2*1-7-8(2)10(4)15-12(9(7)3)6-14-11(5)13;1-6-7(2)10(5-14-9(4)12)15-11(13)8(6)3;1-6-7(2)9(4)12-10(5-11)8(6)3;1-3-5(9)7(11)6(10)4(2-8)12-3/h5-19,21-24,28H,20H2,1-4H3;2-16,18,22-25,27-29H,17H2,1H3;7-9,12-13H,6H2,1-5H3;2*7-10,12H,6H2,1-5H3;6-8,10-11,13H,5H2,1-4H3;6-11H,5H2,1-4H3;3-11H,2H2,1H3/t21-,22?,23+,24+,28?;18-,22?,23?,24+,25+;7-,8-,9?,12?,13+;2*7-,8?,9+,10+,12?;6-,7-,8?,10?,11?;6-,7?,8+,9+,10?;3-,4?,5?,6+,7+/m10011010/s1. The van der Waals surface area contributed by atoms with Crippen molar-refractivity contribution < 1.29 is 141 Å². The minimum atomic E-state index is -1.29. The summed E-state index contributed by atoms with van der Waals surface area (Å²) in [6.45, 7) is 59.3. The summed E-state index contributed by atoms with van der Waals surface area (Å²) in [6, 6.07) is 61.4. The van der Waals surface area contributed by atoms with Crippen LogP contribution in [0.2, 0.25) is 0 Å². The predicted molar refractivity (Wildman–Crippen MR) is 569 cm³/mol. The Bertz CT molecular complexity index is 4290. The lowest BCUT2D eigenvalue weighted by molar-refractivity contribution is -0.248. The molecule has 0 saturated carbocycles. The first-order chi connectivity index (χ1) is 70.3. The predicted octanol–water partition coefficient (Wildman–Crippen LogP) is 16.5. The van der Waals surface area contributed by atoms with E-state index in [0.29, 0.717) is 103 Å². The molecule has 0 radical (unpaired) electrons. The van der Waals surface area contributed by atoms with Crippen molar-refractivity contribution in [3.8, 4) is 0 Å². The largest absolute Gasteiger partial charge is 0.463 e. The smallest absolute Gasteiger partial charge is 0.304 e. The minimum absolute atomic E-state index is 0.0218. The lowest BCUT2D eigenvalue weighted by atomic mass is 9.76. The molecular formula is C120H182O29. The van der Waals surface area contributed by atoms with Crippen molar-refractivity contribution in [1.29, 1.82) is 0 Å². The number of carbonyl (C=O) groups excluding carboxylic acids is 5. The van der Waals surface area contributed by atoms with Gasteiger partial charge in [0.05, 0.1) is 99.7 Å². The van der Waals surface area contributed by atoms with Gasteiger partial charge >= 0.3 is 29.8 Å². The zero-order valence-corrected chi connectivity index (χ0v) is 93.8. The summed E-state index contributed by atoms with van der Waals surface area (Å²) >= 11 is 0. The Balaban J connectivity index is 0.000000237. The van der Waals surface area contributed by atoms with Gasteiger partial charge in [0.1, 0.15) is 86.5 Å². The normalized spacial score (nSPS) is 35.8. The zero-order valence-electron chi connectivity index (χ0n) is 93.8. The molecule has 9 N–H and O–H groups in total. The molecule has 8 fully saturated rings. The number of carbonyl (C=O) groups is 5. The number of esters is 5. The second-order valence-electron chi connectivity index (χ2n) is 43.2. The fraction of sp³-hybridized carbons (Fsp3) is 0.658. The first-order valence-electron chi connectivity index (χ1n) is 53.9. The number of hydrogen-bond donors (Lipinski definition) is 9. The van der Waals surface area contributed by atoms with E-state index in [-0.39, 0.29) is 148 Å². The molecule has 0 bridgehead atoms. The lowest BCUT2D eigenvalue weighted by Crippen LogP contribution is -2.58. The number of hydrogen-bond acceptors (Lipinski definition) is 29. The molecule has 8 aliphatic rings. The Morgan fingerprint density at radius 3 is 0.705 bits per heavy atom. The second-order valence-corrected chi connectivity index (χ2v) is 43.2. The third-order valence-electron chi connectivity index (χ3n) is 33.9. The molecule has 8 heterocycles. The van der Waals surface area contributed by atoms with Gasteiger partial charge in [-0.15, -0.1) is 0 Å². The average molecular weight is 2090 g/mol. The van der Waals surface area contributed by atoms with E-state index >= 15 is 0 Å². The fourth-order valence-electron chi connectivity index (χ4n) is 20.8. The van der Waals surface area contributed by atoms with Crippen molar-refractivity contribution in [2.75, 3.05) is 52.9 Å². The maximum atomic E-state index is 11.0. The van der Waals surface area contributed by atoms with E-state index < -0.39 is 84.8 Å². The van der Waals surface area contributed by atoms with Gasteiger partial charge in [0.15, 0.2) is 6.29 Å². The fourth-order valence-corrected chi connectivity index (χ4v) is 20.8. The molecule has 8 aliphatic heterocycles. The summed E-state index contributed by atoms with van der Waals surface area (Å²) in [6.07, 6.45) is -10.6. The van der Waals surface area contributed by atoms with E-state index in [1.54, 1.807) is 13.8 Å². The molecule has 0 spiro atoms. The van der Waals surface area contributed by atoms with Gasteiger partial charge < -0.3 is 117 Å². The van der Waals surface area contributed by atoms with Crippen LogP contribution in [-0.4, -0.2) is 263 Å². The van der Waals surface area contributed by atoms with Crippen LogP contribution < -0.4 is 0 Å². The van der Waals surface area contributed by atoms with E-state index in [1.807, 2.05) is 105 Å². The summed E-state index contributed by atoms with van der Waals surface area (Å²) in [5.41, 5.74) is 4.56. The van der Waals surface area contributed by atoms with E-state index in [1.165, 1.54) is 34.6 Å². The highest BCUT2D eigenvalue weighted by molar-refractivity contribution is 5.67. The van der Waals surface area contributed by atoms with Crippen LogP contribution >= 0.6 is 0 Å². The Labute approximate surface area is 887 Å². The third kappa shape index (κ3) is 35.0. The molecule has 0 amide bonds. The highest BCUT2D eigenvalue weighted by Crippen LogP contribution is 2.47. The van der Waals surface area contributed by atoms with Crippen LogP contribution in [0.25, 0.3) is 0 Å². The quantitative estimate of drug-likeness (QED) is 0.0163. The molecular weight excluding hydrogens is 1910 g/mol. The number of aliphatic hydroxyl groups excluding tert-OH is 9. The SMILES string of the molecule is CC(=O)OCC1OC(O)C(C)[C@@H](C)[C@@H]1C.CC(=O)OCC1O[C@@H](C)C(C)[C@@H](C)[C@@H]1C.CC(=O)OCC1O[C@@H](C)C(C)[C@@H](C)[C@@H]1C.CC(=O)OCC1O[C@@H](OC(C)=O)C(C)[C@@H](C)[C@@H]1C.CC1[C@H](C)OC(CO)[C@@H](C)[C@@H]1C.CC1[C@H](C)OC(COC(c2ccccc2)(c2ccccc2)c2ccccc2)[C@@H](C)[C@@H]1C.C[C@@H]1OC(CO)[C@@H](O)[C@H](O)C1O.C[C@@H]1OC(COC(c2ccccc2)(c2ccccc2)c2ccccc2)[C@@H](O)[C@H](O)C1O. The van der Waals surface area contributed by atoms with Gasteiger partial charge in [-0.25, -0.2) is 0 Å². The van der Waals surface area contributed by atoms with Crippen LogP contribution in [0, 0.1) is 107 Å². The van der Waals surface area contributed by atoms with Gasteiger partial charge in [0.2, 0.25) is 6.29 Å². The maximum Gasteiger partial charge on any atom is 0.304 e. The summed E-state index contributed by atoms with van der Waals surface area (Å²) in [5.74, 6) is 6.49. The molecule has 29 heteroatoms. The van der Waals surface area contributed by atoms with Crippen molar-refractivity contribution in [2.24, 2.45) is 107 Å².